The number of ketones is 1. The third kappa shape index (κ3) is 45.2. The molecule has 0 aliphatic rings. The lowest BCUT2D eigenvalue weighted by Crippen LogP contribution is -2.10. The van der Waals surface area contributed by atoms with Crippen molar-refractivity contribution in [3.63, 3.8) is 0 Å². The lowest BCUT2D eigenvalue weighted by atomic mass is 10.0. The number of H-pyrrole nitrogens is 2. The molecular formula is C75H137BF2N2O6. The summed E-state index contributed by atoms with van der Waals surface area (Å²) in [6, 6.07) is 0. The first-order valence-corrected chi connectivity index (χ1v) is 37.6. The number of carbonyl (C=O) groups excluding carboxylic acids is 1. The molecule has 0 amide bonds. The van der Waals surface area contributed by atoms with Crippen LogP contribution >= 0.6 is 0 Å². The third-order valence-corrected chi connectivity index (χ3v) is 17.6. The van der Waals surface area contributed by atoms with Crippen molar-refractivity contribution in [2.24, 2.45) is 0 Å². The molecule has 11 heteroatoms. The van der Waals surface area contributed by atoms with Crippen LogP contribution < -0.4 is 18.9 Å². The molecule has 2 rings (SSSR count). The van der Waals surface area contributed by atoms with Gasteiger partial charge in [-0.15, -0.1) is 0 Å². The van der Waals surface area contributed by atoms with E-state index in [1.54, 1.807) is 12.4 Å². The SMILES string of the molecule is CCCCCCCCCCCCCCCCOc1c[nH]c(C(=O)/C=C(/OB(F)F)c2[nH]cc(OCCCCCCCCCCCCCCCC)c2OCCCCCCCCCCCCCCCC)c1OCCCCCCCCCCCCCCCC. The lowest BCUT2D eigenvalue weighted by molar-refractivity contribution is 0.103. The van der Waals surface area contributed by atoms with E-state index in [1.165, 1.54) is 289 Å². The minimum absolute atomic E-state index is 0.146. The minimum atomic E-state index is -3.18. The molecule has 0 fully saturated rings. The number of halogens is 2. The molecule has 0 bridgehead atoms. The lowest BCUT2D eigenvalue weighted by Gasteiger charge is -2.14. The molecule has 0 saturated carbocycles. The molecule has 0 aliphatic heterocycles. The molecule has 2 heterocycles. The molecule has 2 aromatic heterocycles. The zero-order chi connectivity index (χ0) is 61.7. The van der Waals surface area contributed by atoms with Gasteiger partial charge in [-0.1, -0.05) is 362 Å². The Morgan fingerprint density at radius 1 is 0.326 bits per heavy atom. The Morgan fingerprint density at radius 3 is 0.779 bits per heavy atom. The fourth-order valence-electron chi connectivity index (χ4n) is 12.0. The van der Waals surface area contributed by atoms with Gasteiger partial charge in [0, 0.05) is 18.5 Å². The molecule has 0 atom stereocenters. The topological polar surface area (TPSA) is 94.8 Å². The molecule has 0 spiro atoms. The first kappa shape index (κ1) is 79.0. The van der Waals surface area contributed by atoms with Crippen molar-refractivity contribution in [3.05, 3.63) is 29.9 Å². The van der Waals surface area contributed by atoms with Crippen LogP contribution in [0.5, 0.6) is 23.0 Å². The predicted octanol–water partition coefficient (Wildman–Crippen LogP) is 25.9. The van der Waals surface area contributed by atoms with E-state index in [1.807, 2.05) is 0 Å². The number of rotatable bonds is 69. The van der Waals surface area contributed by atoms with Gasteiger partial charge in [-0.3, -0.25) is 4.79 Å². The Hall–Kier alpha value is -3.11. The van der Waals surface area contributed by atoms with Crippen molar-refractivity contribution in [1.82, 2.24) is 9.97 Å². The molecule has 0 unspecified atom stereocenters. The maximum atomic E-state index is 14.4. The van der Waals surface area contributed by atoms with Crippen molar-refractivity contribution in [2.45, 2.75) is 387 Å². The van der Waals surface area contributed by atoms with E-state index in [2.05, 4.69) is 37.7 Å². The smallest absolute Gasteiger partial charge is 0.503 e. The average molecular weight is 1210 g/mol. The number of aromatic nitrogens is 2. The Labute approximate surface area is 530 Å². The summed E-state index contributed by atoms with van der Waals surface area (Å²) in [4.78, 5) is 20.6. The van der Waals surface area contributed by atoms with Gasteiger partial charge in [0.15, 0.2) is 23.0 Å². The number of ether oxygens (including phenoxy) is 4. The molecule has 2 N–H and O–H groups in total. The van der Waals surface area contributed by atoms with Crippen LogP contribution in [0.1, 0.15) is 403 Å². The Morgan fingerprint density at radius 2 is 0.535 bits per heavy atom. The predicted molar refractivity (Wildman–Crippen MR) is 366 cm³/mol. The Kier molecular flexibility index (Phi) is 55.8. The van der Waals surface area contributed by atoms with Crippen LogP contribution in [-0.4, -0.2) is 49.6 Å². The van der Waals surface area contributed by atoms with Crippen molar-refractivity contribution < 1.29 is 37.0 Å². The molecule has 0 aromatic carbocycles. The summed E-state index contributed by atoms with van der Waals surface area (Å²) in [5.74, 6) is 0.648. The van der Waals surface area contributed by atoms with E-state index in [9.17, 15) is 13.4 Å². The molecule has 0 aliphatic carbocycles. The molecule has 8 nitrogen and oxygen atoms in total. The van der Waals surface area contributed by atoms with Gasteiger partial charge in [0.05, 0.1) is 26.4 Å². The fraction of sp³-hybridized carbons (Fsp3) is 0.853. The second-order valence-electron chi connectivity index (χ2n) is 25.7. The number of allylic oxidation sites excluding steroid dienone is 1. The zero-order valence-corrected chi connectivity index (χ0v) is 56.9. The maximum absolute atomic E-state index is 14.4. The van der Waals surface area contributed by atoms with Crippen molar-refractivity contribution >= 4 is 19.0 Å². The van der Waals surface area contributed by atoms with Crippen LogP contribution in [0.15, 0.2) is 18.5 Å². The van der Waals surface area contributed by atoms with Crippen LogP contribution in [0, 0.1) is 0 Å². The Balaban J connectivity index is 2.11. The summed E-state index contributed by atoms with van der Waals surface area (Å²) in [5, 5.41) is 0. The fourth-order valence-corrected chi connectivity index (χ4v) is 12.0. The average Bonchev–Trinajstić information content (AvgIpc) is 4.35. The van der Waals surface area contributed by atoms with Crippen LogP contribution in [0.3, 0.4) is 0 Å². The van der Waals surface area contributed by atoms with E-state index >= 15 is 0 Å². The van der Waals surface area contributed by atoms with Gasteiger partial charge < -0.3 is 33.6 Å². The van der Waals surface area contributed by atoms with Crippen LogP contribution in [0.25, 0.3) is 5.76 Å². The number of hydrogen-bond acceptors (Lipinski definition) is 6. The molecule has 86 heavy (non-hydrogen) atoms. The summed E-state index contributed by atoms with van der Waals surface area (Å²) in [7, 11) is -3.18. The largest absolute Gasteiger partial charge is 0.796 e. The van der Waals surface area contributed by atoms with Gasteiger partial charge in [-0.25, -0.2) is 8.63 Å². The second kappa shape index (κ2) is 60.8. The van der Waals surface area contributed by atoms with E-state index in [4.69, 9.17) is 23.6 Å². The molecule has 2 aromatic rings. The summed E-state index contributed by atoms with van der Waals surface area (Å²) in [6.07, 6.45) is 75.3. The summed E-state index contributed by atoms with van der Waals surface area (Å²) in [5.41, 5.74) is 0.304. The highest BCUT2D eigenvalue weighted by atomic mass is 19.2. The minimum Gasteiger partial charge on any atom is -0.503 e. The van der Waals surface area contributed by atoms with Crippen LogP contribution in [-0.2, 0) is 4.65 Å². The van der Waals surface area contributed by atoms with Crippen molar-refractivity contribution in [3.8, 4) is 23.0 Å². The maximum Gasteiger partial charge on any atom is 0.796 e. The van der Waals surface area contributed by atoms with Gasteiger partial charge >= 0.3 is 7.47 Å². The molecular weight excluding hydrogens is 1070 g/mol. The number of carbonyl (C=O) groups is 1. The van der Waals surface area contributed by atoms with E-state index in [-0.39, 0.29) is 17.1 Å². The van der Waals surface area contributed by atoms with Gasteiger partial charge in [0.2, 0.25) is 5.78 Å². The first-order valence-electron chi connectivity index (χ1n) is 37.6. The molecule has 500 valence electrons. The van der Waals surface area contributed by atoms with E-state index in [0.717, 1.165) is 76.7 Å². The summed E-state index contributed by atoms with van der Waals surface area (Å²) >= 11 is 0. The normalized spacial score (nSPS) is 11.7. The standard InChI is InChI=1S/C75H137BF2N2O6/c1-5-9-13-17-21-25-29-33-37-41-45-49-53-57-61-82-70-66-79-72(74(70)84-63-59-55-51-47-43-39-35-31-27-23-19-15-11-7-3)68(81)65-69(86-76(77)78)73-75(85-64-60-56-52-48-44-40-36-32-28-24-20-16-12-8-4)71(67-80-73)83-62-58-54-50-46-42-38-34-30-26-22-18-14-10-6-2/h65-67,79-80H,5-64H2,1-4H3/b69-65+. The van der Waals surface area contributed by atoms with Crippen molar-refractivity contribution in [2.75, 3.05) is 26.4 Å². The summed E-state index contributed by atoms with van der Waals surface area (Å²) in [6.45, 7) is 10.9. The van der Waals surface area contributed by atoms with Gasteiger partial charge in [0.25, 0.3) is 0 Å². The molecule has 0 saturated heterocycles. The van der Waals surface area contributed by atoms with Gasteiger partial charge in [-0.05, 0) is 25.7 Å². The van der Waals surface area contributed by atoms with E-state index < -0.39 is 13.3 Å². The van der Waals surface area contributed by atoms with Crippen molar-refractivity contribution in [1.29, 1.82) is 0 Å². The number of aromatic amines is 2. The molecule has 0 radical (unpaired) electrons. The third-order valence-electron chi connectivity index (χ3n) is 17.6. The quantitative estimate of drug-likeness (QED) is 0.0225. The Bertz CT molecular complexity index is 1780. The summed E-state index contributed by atoms with van der Waals surface area (Å²) < 4.78 is 59.6. The number of unbranched alkanes of at least 4 members (excludes halogenated alkanes) is 52. The monoisotopic (exact) mass is 1210 g/mol. The number of hydrogen-bond donors (Lipinski definition) is 2. The van der Waals surface area contributed by atoms with Gasteiger partial charge in [0.1, 0.15) is 17.1 Å². The number of nitrogens with one attached hydrogen (secondary N) is 2. The highest BCUT2D eigenvalue weighted by Crippen LogP contribution is 2.39. The highest BCUT2D eigenvalue weighted by molar-refractivity contribution is 6.36. The van der Waals surface area contributed by atoms with Crippen LogP contribution in [0.2, 0.25) is 0 Å². The zero-order valence-electron chi connectivity index (χ0n) is 56.9. The highest BCUT2D eigenvalue weighted by Gasteiger charge is 2.28. The van der Waals surface area contributed by atoms with E-state index in [0.29, 0.717) is 49.4 Å². The van der Waals surface area contributed by atoms with Gasteiger partial charge in [-0.2, -0.15) is 0 Å². The second-order valence-corrected chi connectivity index (χ2v) is 25.7. The first-order chi connectivity index (χ1) is 42.5. The van der Waals surface area contributed by atoms with Crippen LogP contribution in [0.4, 0.5) is 8.63 Å².